The van der Waals surface area contributed by atoms with Gasteiger partial charge in [0.1, 0.15) is 5.82 Å². The summed E-state index contributed by atoms with van der Waals surface area (Å²) in [7, 11) is -3.55. The van der Waals surface area contributed by atoms with Gasteiger partial charge in [-0.05, 0) is 49.9 Å². The molecule has 1 aliphatic rings. The van der Waals surface area contributed by atoms with Crippen LogP contribution in [0.25, 0.3) is 0 Å². The molecule has 1 fully saturated rings. The van der Waals surface area contributed by atoms with Crippen molar-refractivity contribution >= 4 is 21.6 Å². The number of benzene rings is 1. The second-order valence-corrected chi connectivity index (χ2v) is 6.86. The number of rotatable bonds is 3. The number of sulfonamides is 1. The molecule has 1 aromatic carbocycles. The topological polar surface area (TPSA) is 46.2 Å². The van der Waals surface area contributed by atoms with Crippen molar-refractivity contribution in [2.45, 2.75) is 42.0 Å². The van der Waals surface area contributed by atoms with Crippen molar-refractivity contribution in [3.05, 3.63) is 30.1 Å². The summed E-state index contributed by atoms with van der Waals surface area (Å²) >= 11 is 5.97. The van der Waals surface area contributed by atoms with Crippen LogP contribution in [0, 0.1) is 5.82 Å². The van der Waals surface area contributed by atoms with E-state index in [0.717, 1.165) is 37.8 Å². The highest BCUT2D eigenvalue weighted by Crippen LogP contribution is 2.24. The van der Waals surface area contributed by atoms with Gasteiger partial charge in [0, 0.05) is 11.4 Å². The summed E-state index contributed by atoms with van der Waals surface area (Å²) in [6.45, 7) is 0. The van der Waals surface area contributed by atoms with E-state index in [1.165, 1.54) is 12.1 Å². The van der Waals surface area contributed by atoms with Crippen LogP contribution in [0.15, 0.2) is 29.2 Å². The maximum absolute atomic E-state index is 12.7. The first-order chi connectivity index (χ1) is 8.47. The Morgan fingerprint density at radius 2 is 1.67 bits per heavy atom. The monoisotopic (exact) mass is 291 g/mol. The Morgan fingerprint density at radius 1 is 1.11 bits per heavy atom. The molecule has 0 spiro atoms. The highest BCUT2D eigenvalue weighted by Gasteiger charge is 2.24. The minimum atomic E-state index is -3.55. The maximum atomic E-state index is 12.7. The number of alkyl halides is 1. The minimum Gasteiger partial charge on any atom is -0.208 e. The first-order valence-electron chi connectivity index (χ1n) is 5.89. The van der Waals surface area contributed by atoms with Crippen LogP contribution < -0.4 is 4.72 Å². The van der Waals surface area contributed by atoms with Gasteiger partial charge in [0.25, 0.3) is 0 Å². The van der Waals surface area contributed by atoms with E-state index in [9.17, 15) is 12.8 Å². The van der Waals surface area contributed by atoms with Gasteiger partial charge in [-0.25, -0.2) is 17.5 Å². The zero-order valence-corrected chi connectivity index (χ0v) is 11.3. The van der Waals surface area contributed by atoms with Gasteiger partial charge in [0.05, 0.1) is 4.90 Å². The summed E-state index contributed by atoms with van der Waals surface area (Å²) in [5.41, 5.74) is 0. The van der Waals surface area contributed by atoms with Crippen LogP contribution in [0.5, 0.6) is 0 Å². The SMILES string of the molecule is O=S(=O)(NC1CCC(Cl)CC1)c1ccc(F)cc1. The number of halogens is 2. The van der Waals surface area contributed by atoms with Gasteiger partial charge in [0.15, 0.2) is 0 Å². The molecule has 100 valence electrons. The zero-order valence-electron chi connectivity index (χ0n) is 9.77. The van der Waals surface area contributed by atoms with Crippen molar-refractivity contribution in [2.24, 2.45) is 0 Å². The summed E-state index contributed by atoms with van der Waals surface area (Å²) in [6, 6.07) is 4.75. The highest BCUT2D eigenvalue weighted by molar-refractivity contribution is 7.89. The first-order valence-corrected chi connectivity index (χ1v) is 7.81. The molecule has 0 radical (unpaired) electrons. The maximum Gasteiger partial charge on any atom is 0.240 e. The van der Waals surface area contributed by atoms with Gasteiger partial charge in [-0.2, -0.15) is 0 Å². The van der Waals surface area contributed by atoms with E-state index in [0.29, 0.717) is 0 Å². The van der Waals surface area contributed by atoms with Gasteiger partial charge in [-0.1, -0.05) is 0 Å². The average molecular weight is 292 g/mol. The van der Waals surface area contributed by atoms with Crippen molar-refractivity contribution in [2.75, 3.05) is 0 Å². The Kier molecular flexibility index (Phi) is 4.25. The fourth-order valence-electron chi connectivity index (χ4n) is 2.07. The van der Waals surface area contributed by atoms with Crippen molar-refractivity contribution < 1.29 is 12.8 Å². The lowest BCUT2D eigenvalue weighted by molar-refractivity contribution is 0.416. The van der Waals surface area contributed by atoms with E-state index < -0.39 is 15.8 Å². The van der Waals surface area contributed by atoms with Gasteiger partial charge >= 0.3 is 0 Å². The Hall–Kier alpha value is -0.650. The third-order valence-corrected chi connectivity index (χ3v) is 5.08. The fraction of sp³-hybridized carbons (Fsp3) is 0.500. The highest BCUT2D eigenvalue weighted by atomic mass is 35.5. The molecule has 2 rings (SSSR count). The van der Waals surface area contributed by atoms with Gasteiger partial charge < -0.3 is 0 Å². The molecule has 0 unspecified atom stereocenters. The Labute approximate surface area is 111 Å². The predicted molar refractivity (Wildman–Crippen MR) is 68.6 cm³/mol. The summed E-state index contributed by atoms with van der Waals surface area (Å²) in [5, 5.41) is 0.150. The van der Waals surface area contributed by atoms with E-state index in [2.05, 4.69) is 4.72 Å². The molecule has 1 N–H and O–H groups in total. The summed E-state index contributed by atoms with van der Waals surface area (Å²) in [5.74, 6) is -0.448. The Bertz CT molecular complexity index is 495. The molecule has 1 saturated carbocycles. The Morgan fingerprint density at radius 3 is 2.22 bits per heavy atom. The lowest BCUT2D eigenvalue weighted by Crippen LogP contribution is -2.37. The quantitative estimate of drug-likeness (QED) is 0.870. The normalized spacial score (nSPS) is 25.0. The predicted octanol–water partition coefficient (Wildman–Crippen LogP) is 2.65. The van der Waals surface area contributed by atoms with Crippen molar-refractivity contribution in [3.8, 4) is 0 Å². The summed E-state index contributed by atoms with van der Waals surface area (Å²) in [6.07, 6.45) is 3.12. The average Bonchev–Trinajstić information content (AvgIpc) is 2.32. The molecule has 0 saturated heterocycles. The second-order valence-electron chi connectivity index (χ2n) is 4.52. The van der Waals surface area contributed by atoms with E-state index in [1.807, 2.05) is 0 Å². The van der Waals surface area contributed by atoms with Crippen LogP contribution in [-0.4, -0.2) is 19.8 Å². The molecule has 0 aromatic heterocycles. The van der Waals surface area contributed by atoms with Crippen LogP contribution in [-0.2, 0) is 10.0 Å². The molecular formula is C12H15ClFNO2S. The minimum absolute atomic E-state index is 0.0740. The molecule has 0 bridgehead atoms. The lowest BCUT2D eigenvalue weighted by atomic mass is 9.96. The second kappa shape index (κ2) is 5.55. The molecule has 18 heavy (non-hydrogen) atoms. The van der Waals surface area contributed by atoms with Crippen LogP contribution in [0.2, 0.25) is 0 Å². The van der Waals surface area contributed by atoms with Crippen molar-refractivity contribution in [3.63, 3.8) is 0 Å². The molecule has 1 aliphatic carbocycles. The molecule has 0 aliphatic heterocycles. The largest absolute Gasteiger partial charge is 0.240 e. The third kappa shape index (κ3) is 3.43. The van der Waals surface area contributed by atoms with E-state index in [4.69, 9.17) is 11.6 Å². The van der Waals surface area contributed by atoms with E-state index in [-0.39, 0.29) is 16.3 Å². The Balaban J connectivity index is 2.05. The zero-order chi connectivity index (χ0) is 13.2. The molecule has 3 nitrogen and oxygen atoms in total. The molecule has 0 atom stereocenters. The number of hydrogen-bond acceptors (Lipinski definition) is 2. The van der Waals surface area contributed by atoms with Gasteiger partial charge in [-0.15, -0.1) is 11.6 Å². The van der Waals surface area contributed by atoms with Crippen LogP contribution in [0.3, 0.4) is 0 Å². The molecule has 6 heteroatoms. The fourth-order valence-corrected chi connectivity index (χ4v) is 3.63. The van der Waals surface area contributed by atoms with Crippen LogP contribution in [0.4, 0.5) is 4.39 Å². The third-order valence-electron chi connectivity index (χ3n) is 3.10. The van der Waals surface area contributed by atoms with E-state index in [1.54, 1.807) is 0 Å². The molecular weight excluding hydrogens is 277 g/mol. The molecule has 1 aromatic rings. The van der Waals surface area contributed by atoms with Gasteiger partial charge in [0.2, 0.25) is 10.0 Å². The van der Waals surface area contributed by atoms with Crippen LogP contribution >= 0.6 is 11.6 Å². The van der Waals surface area contributed by atoms with Crippen LogP contribution in [0.1, 0.15) is 25.7 Å². The lowest BCUT2D eigenvalue weighted by Gasteiger charge is -2.25. The van der Waals surface area contributed by atoms with E-state index >= 15 is 0 Å². The summed E-state index contributed by atoms with van der Waals surface area (Å²) in [4.78, 5) is 0.0943. The molecule has 0 heterocycles. The first kappa shape index (κ1) is 13.8. The smallest absolute Gasteiger partial charge is 0.208 e. The van der Waals surface area contributed by atoms with Crippen molar-refractivity contribution in [1.29, 1.82) is 0 Å². The standard InChI is InChI=1S/C12H15ClFNO2S/c13-9-1-5-11(6-2-9)15-18(16,17)12-7-3-10(14)4-8-12/h3-4,7-9,11,15H,1-2,5-6H2. The number of hydrogen-bond donors (Lipinski definition) is 1. The number of nitrogens with one attached hydrogen (secondary N) is 1. The van der Waals surface area contributed by atoms with Crippen molar-refractivity contribution in [1.82, 2.24) is 4.72 Å². The summed E-state index contributed by atoms with van der Waals surface area (Å²) < 4.78 is 39.4. The van der Waals surface area contributed by atoms with Gasteiger partial charge in [-0.3, -0.25) is 0 Å². The molecule has 0 amide bonds.